The highest BCUT2D eigenvalue weighted by molar-refractivity contribution is 5.92. The fourth-order valence-electron chi connectivity index (χ4n) is 1.80. The molecule has 2 rings (SSSR count). The highest BCUT2D eigenvalue weighted by atomic mass is 16.1. The molecule has 98 valence electrons. The predicted octanol–water partition coefficient (Wildman–Crippen LogP) is 1.40. The zero-order chi connectivity index (χ0) is 13.8. The normalized spacial score (nSPS) is 10.2. The Morgan fingerprint density at radius 1 is 1.32 bits per heavy atom. The standard InChI is InChI=1S/C14H16N4O/c1-18(9-10-3-2-4-12(15)7-10)13-6-5-11(8-17-13)14(16)19/h2-8H,9,15H2,1H3,(H2,16,19). The van der Waals surface area contributed by atoms with E-state index in [2.05, 4.69) is 4.98 Å². The van der Waals surface area contributed by atoms with E-state index in [1.54, 1.807) is 12.1 Å². The van der Waals surface area contributed by atoms with Gasteiger partial charge in [0, 0.05) is 25.5 Å². The number of hydrogen-bond acceptors (Lipinski definition) is 4. The van der Waals surface area contributed by atoms with Gasteiger partial charge in [-0.2, -0.15) is 0 Å². The van der Waals surface area contributed by atoms with Gasteiger partial charge in [-0.3, -0.25) is 4.79 Å². The quantitative estimate of drug-likeness (QED) is 0.810. The molecule has 0 unspecified atom stereocenters. The summed E-state index contributed by atoms with van der Waals surface area (Å²) in [6.45, 7) is 0.688. The highest BCUT2D eigenvalue weighted by Gasteiger charge is 2.06. The molecular formula is C14H16N4O. The SMILES string of the molecule is CN(Cc1cccc(N)c1)c1ccc(C(N)=O)cn1. The van der Waals surface area contributed by atoms with Gasteiger partial charge in [0.1, 0.15) is 5.82 Å². The monoisotopic (exact) mass is 256 g/mol. The van der Waals surface area contributed by atoms with Crippen molar-refractivity contribution in [1.29, 1.82) is 0 Å². The van der Waals surface area contributed by atoms with Crippen LogP contribution < -0.4 is 16.4 Å². The number of carbonyl (C=O) groups excluding carboxylic acids is 1. The van der Waals surface area contributed by atoms with Crippen molar-refractivity contribution in [2.75, 3.05) is 17.7 Å². The minimum absolute atomic E-state index is 0.404. The number of primary amides is 1. The van der Waals surface area contributed by atoms with Crippen LogP contribution in [0.1, 0.15) is 15.9 Å². The Labute approximate surface area is 111 Å². The summed E-state index contributed by atoms with van der Waals surface area (Å²) in [7, 11) is 1.93. The van der Waals surface area contributed by atoms with Gasteiger partial charge in [-0.05, 0) is 29.8 Å². The number of carbonyl (C=O) groups is 1. The first-order valence-electron chi connectivity index (χ1n) is 5.87. The van der Waals surface area contributed by atoms with E-state index in [0.29, 0.717) is 12.1 Å². The minimum atomic E-state index is -0.475. The molecule has 0 bridgehead atoms. The van der Waals surface area contributed by atoms with Crippen molar-refractivity contribution in [3.8, 4) is 0 Å². The molecule has 19 heavy (non-hydrogen) atoms. The zero-order valence-corrected chi connectivity index (χ0v) is 10.7. The fraction of sp³-hybridized carbons (Fsp3) is 0.143. The molecule has 0 aliphatic rings. The highest BCUT2D eigenvalue weighted by Crippen LogP contribution is 2.14. The van der Waals surface area contributed by atoms with Crippen molar-refractivity contribution in [2.24, 2.45) is 5.73 Å². The van der Waals surface area contributed by atoms with Crippen molar-refractivity contribution in [3.63, 3.8) is 0 Å². The third-order valence-corrected chi connectivity index (χ3v) is 2.79. The number of pyridine rings is 1. The van der Waals surface area contributed by atoms with E-state index in [1.165, 1.54) is 6.20 Å². The second-order valence-corrected chi connectivity index (χ2v) is 4.37. The Kier molecular flexibility index (Phi) is 3.66. The van der Waals surface area contributed by atoms with Crippen LogP contribution in [-0.4, -0.2) is 17.9 Å². The van der Waals surface area contributed by atoms with Gasteiger partial charge in [-0.1, -0.05) is 12.1 Å². The van der Waals surface area contributed by atoms with Gasteiger partial charge in [-0.25, -0.2) is 4.98 Å². The molecule has 1 heterocycles. The molecule has 5 nitrogen and oxygen atoms in total. The summed E-state index contributed by atoms with van der Waals surface area (Å²) in [6, 6.07) is 11.1. The molecular weight excluding hydrogens is 240 g/mol. The first kappa shape index (κ1) is 12.9. The molecule has 0 aliphatic carbocycles. The maximum Gasteiger partial charge on any atom is 0.250 e. The lowest BCUT2D eigenvalue weighted by Gasteiger charge is -2.18. The van der Waals surface area contributed by atoms with Gasteiger partial charge in [0.15, 0.2) is 0 Å². The molecule has 0 aliphatic heterocycles. The average Bonchev–Trinajstić information content (AvgIpc) is 2.39. The number of anilines is 2. The molecule has 0 saturated carbocycles. The van der Waals surface area contributed by atoms with Crippen molar-refractivity contribution in [1.82, 2.24) is 4.98 Å². The minimum Gasteiger partial charge on any atom is -0.399 e. The van der Waals surface area contributed by atoms with Crippen molar-refractivity contribution >= 4 is 17.4 Å². The number of aromatic nitrogens is 1. The van der Waals surface area contributed by atoms with Crippen molar-refractivity contribution < 1.29 is 4.79 Å². The summed E-state index contributed by atoms with van der Waals surface area (Å²) in [5.41, 5.74) is 13.2. The second kappa shape index (κ2) is 5.39. The van der Waals surface area contributed by atoms with Crippen LogP contribution in [0.3, 0.4) is 0 Å². The molecule has 0 saturated heterocycles. The Morgan fingerprint density at radius 2 is 2.11 bits per heavy atom. The van der Waals surface area contributed by atoms with E-state index in [4.69, 9.17) is 11.5 Å². The molecule has 0 radical (unpaired) electrons. The number of nitrogens with two attached hydrogens (primary N) is 2. The summed E-state index contributed by atoms with van der Waals surface area (Å²) in [4.78, 5) is 17.1. The van der Waals surface area contributed by atoms with Crippen LogP contribution in [0.2, 0.25) is 0 Å². The van der Waals surface area contributed by atoms with Crippen LogP contribution in [0, 0.1) is 0 Å². The average molecular weight is 256 g/mol. The summed E-state index contributed by atoms with van der Waals surface area (Å²) in [5, 5.41) is 0. The lowest BCUT2D eigenvalue weighted by atomic mass is 10.2. The largest absolute Gasteiger partial charge is 0.399 e. The molecule has 2 aromatic rings. The third-order valence-electron chi connectivity index (χ3n) is 2.79. The smallest absolute Gasteiger partial charge is 0.250 e. The maximum atomic E-state index is 11.0. The van der Waals surface area contributed by atoms with Crippen LogP contribution in [0.5, 0.6) is 0 Å². The van der Waals surface area contributed by atoms with Gasteiger partial charge >= 0.3 is 0 Å². The summed E-state index contributed by atoms with van der Waals surface area (Å²) in [5.74, 6) is 0.296. The van der Waals surface area contributed by atoms with Gasteiger partial charge in [-0.15, -0.1) is 0 Å². The topological polar surface area (TPSA) is 85.2 Å². The number of nitrogens with zero attached hydrogens (tertiary/aromatic N) is 2. The van der Waals surface area contributed by atoms with E-state index >= 15 is 0 Å². The number of benzene rings is 1. The molecule has 1 aromatic carbocycles. The maximum absolute atomic E-state index is 11.0. The van der Waals surface area contributed by atoms with E-state index in [1.807, 2.05) is 36.2 Å². The molecule has 1 amide bonds. The fourth-order valence-corrected chi connectivity index (χ4v) is 1.80. The van der Waals surface area contributed by atoms with Gasteiger partial charge in [0.25, 0.3) is 0 Å². The molecule has 5 heteroatoms. The summed E-state index contributed by atoms with van der Waals surface area (Å²) >= 11 is 0. The molecule has 0 fully saturated rings. The Hall–Kier alpha value is -2.56. The Balaban J connectivity index is 2.11. The second-order valence-electron chi connectivity index (χ2n) is 4.37. The van der Waals surface area contributed by atoms with Gasteiger partial charge in [0.05, 0.1) is 5.56 Å². The van der Waals surface area contributed by atoms with Crippen LogP contribution in [0.25, 0.3) is 0 Å². The third kappa shape index (κ3) is 3.22. The lowest BCUT2D eigenvalue weighted by molar-refractivity contribution is 0.1000. The molecule has 0 spiro atoms. The summed E-state index contributed by atoms with van der Waals surface area (Å²) in [6.07, 6.45) is 1.48. The number of nitrogen functional groups attached to an aromatic ring is 1. The van der Waals surface area contributed by atoms with E-state index in [0.717, 1.165) is 17.1 Å². The van der Waals surface area contributed by atoms with Crippen LogP contribution in [-0.2, 0) is 6.54 Å². The van der Waals surface area contributed by atoms with E-state index in [9.17, 15) is 4.79 Å². The predicted molar refractivity (Wildman–Crippen MR) is 75.7 cm³/mol. The summed E-state index contributed by atoms with van der Waals surface area (Å²) < 4.78 is 0. The number of amides is 1. The van der Waals surface area contributed by atoms with Crippen LogP contribution in [0.15, 0.2) is 42.6 Å². The number of rotatable bonds is 4. The van der Waals surface area contributed by atoms with Gasteiger partial charge < -0.3 is 16.4 Å². The van der Waals surface area contributed by atoms with E-state index in [-0.39, 0.29) is 0 Å². The van der Waals surface area contributed by atoms with Gasteiger partial charge in [0.2, 0.25) is 5.91 Å². The first-order chi connectivity index (χ1) is 9.06. The van der Waals surface area contributed by atoms with Crippen molar-refractivity contribution in [2.45, 2.75) is 6.54 Å². The zero-order valence-electron chi connectivity index (χ0n) is 10.7. The van der Waals surface area contributed by atoms with Crippen LogP contribution in [0.4, 0.5) is 11.5 Å². The van der Waals surface area contributed by atoms with E-state index < -0.39 is 5.91 Å². The first-order valence-corrected chi connectivity index (χ1v) is 5.87. The molecule has 1 aromatic heterocycles. The Morgan fingerprint density at radius 3 is 2.68 bits per heavy atom. The molecule has 0 atom stereocenters. The Bertz CT molecular complexity index is 580. The molecule has 4 N–H and O–H groups in total. The van der Waals surface area contributed by atoms with Crippen LogP contribution >= 0.6 is 0 Å². The number of hydrogen-bond donors (Lipinski definition) is 2. The lowest BCUT2D eigenvalue weighted by Crippen LogP contribution is -2.18. The van der Waals surface area contributed by atoms with Crippen molar-refractivity contribution in [3.05, 3.63) is 53.7 Å².